The molecule has 0 spiro atoms. The SMILES string of the molecule is COc1ccccc1-c1nnc(Sc2ncnc3sc(C)c(C)c23)n1C. The van der Waals surface area contributed by atoms with Gasteiger partial charge in [-0.2, -0.15) is 0 Å². The number of methoxy groups -OCH3 is 1. The minimum absolute atomic E-state index is 0.758. The van der Waals surface area contributed by atoms with Gasteiger partial charge in [0.2, 0.25) is 0 Å². The van der Waals surface area contributed by atoms with Gasteiger partial charge < -0.3 is 9.30 Å². The maximum absolute atomic E-state index is 5.45. The van der Waals surface area contributed by atoms with E-state index >= 15 is 0 Å². The Morgan fingerprint density at radius 3 is 2.73 bits per heavy atom. The molecular formula is C18H17N5OS2. The maximum atomic E-state index is 5.45. The van der Waals surface area contributed by atoms with Gasteiger partial charge in [-0.1, -0.05) is 12.1 Å². The van der Waals surface area contributed by atoms with Crippen molar-refractivity contribution >= 4 is 33.3 Å². The summed E-state index contributed by atoms with van der Waals surface area (Å²) >= 11 is 3.20. The lowest BCUT2D eigenvalue weighted by molar-refractivity contribution is 0.416. The first-order chi connectivity index (χ1) is 12.6. The number of benzene rings is 1. The molecular weight excluding hydrogens is 366 g/mol. The molecule has 0 atom stereocenters. The highest BCUT2D eigenvalue weighted by atomic mass is 32.2. The van der Waals surface area contributed by atoms with Gasteiger partial charge in [-0.15, -0.1) is 21.5 Å². The lowest BCUT2D eigenvalue weighted by Crippen LogP contribution is -1.97. The molecule has 1 aromatic carbocycles. The molecule has 4 aromatic rings. The van der Waals surface area contributed by atoms with Gasteiger partial charge in [-0.25, -0.2) is 9.97 Å². The van der Waals surface area contributed by atoms with E-state index in [2.05, 4.69) is 34.0 Å². The van der Waals surface area contributed by atoms with Crippen molar-refractivity contribution in [3.63, 3.8) is 0 Å². The second-order valence-electron chi connectivity index (χ2n) is 5.81. The summed E-state index contributed by atoms with van der Waals surface area (Å²) in [5.74, 6) is 1.53. The number of aryl methyl sites for hydroxylation is 2. The highest BCUT2D eigenvalue weighted by molar-refractivity contribution is 7.99. The monoisotopic (exact) mass is 383 g/mol. The molecule has 8 heteroatoms. The Labute approximate surface area is 159 Å². The van der Waals surface area contributed by atoms with Gasteiger partial charge in [-0.05, 0) is 43.3 Å². The molecule has 0 fully saturated rings. The average molecular weight is 384 g/mol. The molecule has 6 nitrogen and oxygen atoms in total. The van der Waals surface area contributed by atoms with Crippen molar-refractivity contribution in [1.82, 2.24) is 24.7 Å². The van der Waals surface area contributed by atoms with Crippen LogP contribution in [0.5, 0.6) is 5.75 Å². The number of fused-ring (bicyclic) bond motifs is 1. The molecule has 0 aliphatic rings. The molecule has 4 rings (SSSR count). The number of rotatable bonds is 4. The Balaban J connectivity index is 1.77. The van der Waals surface area contributed by atoms with Crippen LogP contribution in [-0.2, 0) is 7.05 Å². The van der Waals surface area contributed by atoms with Gasteiger partial charge in [-0.3, -0.25) is 0 Å². The van der Waals surface area contributed by atoms with Gasteiger partial charge in [0, 0.05) is 17.3 Å². The van der Waals surface area contributed by atoms with Crippen molar-refractivity contribution < 1.29 is 4.74 Å². The molecule has 26 heavy (non-hydrogen) atoms. The smallest absolute Gasteiger partial charge is 0.197 e. The van der Waals surface area contributed by atoms with Crippen molar-refractivity contribution in [2.45, 2.75) is 24.0 Å². The Bertz CT molecular complexity index is 1100. The number of hydrogen-bond acceptors (Lipinski definition) is 7. The summed E-state index contributed by atoms with van der Waals surface area (Å²) in [5.41, 5.74) is 2.13. The van der Waals surface area contributed by atoms with E-state index in [0.717, 1.165) is 37.5 Å². The van der Waals surface area contributed by atoms with E-state index < -0.39 is 0 Å². The van der Waals surface area contributed by atoms with E-state index in [9.17, 15) is 0 Å². The second kappa shape index (κ2) is 6.69. The predicted octanol–water partition coefficient (Wildman–Crippen LogP) is 4.26. The predicted molar refractivity (Wildman–Crippen MR) is 104 cm³/mol. The number of ether oxygens (including phenoxy) is 1. The number of nitrogens with zero attached hydrogens (tertiary/aromatic N) is 5. The molecule has 3 heterocycles. The molecule has 0 saturated heterocycles. The third-order valence-corrected chi connectivity index (χ3v) is 6.46. The quantitative estimate of drug-likeness (QED) is 0.491. The van der Waals surface area contributed by atoms with Crippen molar-refractivity contribution in [3.8, 4) is 17.1 Å². The lowest BCUT2D eigenvalue weighted by Gasteiger charge is -2.08. The largest absolute Gasteiger partial charge is 0.496 e. The summed E-state index contributed by atoms with van der Waals surface area (Å²) in [6.07, 6.45) is 1.61. The normalized spacial score (nSPS) is 11.2. The summed E-state index contributed by atoms with van der Waals surface area (Å²) in [4.78, 5) is 11.1. The summed E-state index contributed by atoms with van der Waals surface area (Å²) < 4.78 is 7.41. The zero-order chi connectivity index (χ0) is 18.3. The molecule has 0 aliphatic heterocycles. The van der Waals surface area contributed by atoms with Gasteiger partial charge in [0.1, 0.15) is 21.9 Å². The molecule has 0 N–H and O–H groups in total. The fraction of sp³-hybridized carbons (Fsp3) is 0.222. The van der Waals surface area contributed by atoms with E-state index in [1.165, 1.54) is 22.2 Å². The van der Waals surface area contributed by atoms with Crippen molar-refractivity contribution in [2.75, 3.05) is 7.11 Å². The fourth-order valence-electron chi connectivity index (χ4n) is 2.78. The first-order valence-electron chi connectivity index (χ1n) is 8.01. The van der Waals surface area contributed by atoms with E-state index in [4.69, 9.17) is 4.74 Å². The standard InChI is InChI=1S/C18H17N5OS2/c1-10-11(2)25-16-14(10)17(20-9-19-16)26-18-22-21-15(23(18)3)12-7-5-6-8-13(12)24-4/h5-9H,1-4H3. The van der Waals surface area contributed by atoms with Crippen LogP contribution in [0, 0.1) is 13.8 Å². The van der Waals surface area contributed by atoms with Gasteiger partial charge in [0.25, 0.3) is 0 Å². The van der Waals surface area contributed by atoms with Crippen LogP contribution in [0.2, 0.25) is 0 Å². The molecule has 0 unspecified atom stereocenters. The third kappa shape index (κ3) is 2.75. The Kier molecular flexibility index (Phi) is 4.37. The Hall–Kier alpha value is -2.45. The highest BCUT2D eigenvalue weighted by Crippen LogP contribution is 2.38. The third-order valence-electron chi connectivity index (χ3n) is 4.30. The van der Waals surface area contributed by atoms with Gasteiger partial charge in [0.05, 0.1) is 12.7 Å². The van der Waals surface area contributed by atoms with Crippen LogP contribution in [0.15, 0.2) is 40.8 Å². The lowest BCUT2D eigenvalue weighted by atomic mass is 10.2. The van der Waals surface area contributed by atoms with Crippen LogP contribution in [0.4, 0.5) is 0 Å². The summed E-state index contributed by atoms with van der Waals surface area (Å²) in [7, 11) is 3.61. The van der Waals surface area contributed by atoms with Crippen LogP contribution in [0.25, 0.3) is 21.6 Å². The number of aromatic nitrogens is 5. The van der Waals surface area contributed by atoms with Crippen LogP contribution >= 0.6 is 23.1 Å². The van der Waals surface area contributed by atoms with E-state index in [-0.39, 0.29) is 0 Å². The number of hydrogen-bond donors (Lipinski definition) is 0. The molecule has 0 saturated carbocycles. The maximum Gasteiger partial charge on any atom is 0.197 e. The number of para-hydroxylation sites is 1. The summed E-state index contributed by atoms with van der Waals surface area (Å²) in [6.45, 7) is 4.22. The minimum atomic E-state index is 0.758. The first-order valence-corrected chi connectivity index (χ1v) is 9.64. The molecule has 3 aromatic heterocycles. The minimum Gasteiger partial charge on any atom is -0.496 e. The number of thiophene rings is 1. The molecule has 0 bridgehead atoms. The second-order valence-corrected chi connectivity index (χ2v) is 7.97. The van der Waals surface area contributed by atoms with E-state index in [1.807, 2.05) is 35.9 Å². The van der Waals surface area contributed by atoms with E-state index in [1.54, 1.807) is 24.8 Å². The summed E-state index contributed by atoms with van der Waals surface area (Å²) in [5, 5.41) is 11.5. The molecule has 0 radical (unpaired) electrons. The fourth-order valence-corrected chi connectivity index (χ4v) is 4.77. The zero-order valence-corrected chi connectivity index (χ0v) is 16.5. The molecule has 0 aliphatic carbocycles. The van der Waals surface area contributed by atoms with Crippen molar-refractivity contribution in [3.05, 3.63) is 41.0 Å². The molecule has 132 valence electrons. The first kappa shape index (κ1) is 17.0. The molecule has 0 amide bonds. The average Bonchev–Trinajstić information content (AvgIpc) is 3.15. The van der Waals surface area contributed by atoms with Crippen LogP contribution < -0.4 is 4.74 Å². The van der Waals surface area contributed by atoms with Crippen molar-refractivity contribution in [1.29, 1.82) is 0 Å². The Morgan fingerprint density at radius 2 is 1.92 bits per heavy atom. The Morgan fingerprint density at radius 1 is 1.12 bits per heavy atom. The van der Waals surface area contributed by atoms with Crippen LogP contribution in [0.1, 0.15) is 10.4 Å². The van der Waals surface area contributed by atoms with Crippen molar-refractivity contribution in [2.24, 2.45) is 7.05 Å². The van der Waals surface area contributed by atoms with E-state index in [0.29, 0.717) is 0 Å². The van der Waals surface area contributed by atoms with Gasteiger partial charge >= 0.3 is 0 Å². The highest BCUT2D eigenvalue weighted by Gasteiger charge is 2.18. The summed E-state index contributed by atoms with van der Waals surface area (Å²) in [6, 6.07) is 7.80. The zero-order valence-electron chi connectivity index (χ0n) is 14.8. The topological polar surface area (TPSA) is 65.7 Å². The van der Waals surface area contributed by atoms with Crippen LogP contribution in [-0.4, -0.2) is 31.8 Å². The van der Waals surface area contributed by atoms with Crippen LogP contribution in [0.3, 0.4) is 0 Å². The van der Waals surface area contributed by atoms with Gasteiger partial charge in [0.15, 0.2) is 11.0 Å².